The number of halogens is 2. The minimum absolute atomic E-state index is 0.0287. The Morgan fingerprint density at radius 1 is 1.48 bits per heavy atom. The number of rotatable bonds is 5. The molecule has 0 amide bonds. The summed E-state index contributed by atoms with van der Waals surface area (Å²) in [6.07, 6.45) is 1.36. The van der Waals surface area contributed by atoms with E-state index in [1.54, 1.807) is 0 Å². The van der Waals surface area contributed by atoms with Gasteiger partial charge in [0.1, 0.15) is 10.7 Å². The smallest absolute Gasteiger partial charge is 0.246 e. The van der Waals surface area contributed by atoms with Gasteiger partial charge in [-0.15, -0.1) is 0 Å². The van der Waals surface area contributed by atoms with E-state index in [9.17, 15) is 12.8 Å². The summed E-state index contributed by atoms with van der Waals surface area (Å²) >= 11 is 5.64. The highest BCUT2D eigenvalue weighted by molar-refractivity contribution is 7.89. The topological polar surface area (TPSA) is 90.0 Å². The van der Waals surface area contributed by atoms with Crippen molar-refractivity contribution in [1.82, 2.24) is 14.5 Å². The molecule has 0 unspecified atom stereocenters. The highest BCUT2D eigenvalue weighted by Gasteiger charge is 2.20. The van der Waals surface area contributed by atoms with Crippen molar-refractivity contribution < 1.29 is 12.8 Å². The molecule has 0 saturated heterocycles. The molecule has 114 valence electrons. The van der Waals surface area contributed by atoms with E-state index in [1.807, 2.05) is 6.92 Å². The van der Waals surface area contributed by atoms with Crippen LogP contribution in [-0.4, -0.2) is 18.2 Å². The van der Waals surface area contributed by atoms with Gasteiger partial charge >= 0.3 is 0 Å². The second kappa shape index (κ2) is 6.00. The predicted octanol–water partition coefficient (Wildman–Crippen LogP) is 1.76. The summed E-state index contributed by atoms with van der Waals surface area (Å²) in [5, 5.41) is 3.82. The van der Waals surface area contributed by atoms with E-state index in [-0.39, 0.29) is 22.3 Å². The molecule has 0 radical (unpaired) electrons. The van der Waals surface area contributed by atoms with E-state index >= 15 is 0 Å². The molecular formula is C12H14ClFN4O2S. The zero-order chi connectivity index (χ0) is 15.6. The number of hydrogen-bond donors (Lipinski definition) is 2. The van der Waals surface area contributed by atoms with Crippen molar-refractivity contribution in [3.05, 3.63) is 40.8 Å². The molecule has 1 heterocycles. The number of sulfonamides is 1. The van der Waals surface area contributed by atoms with Crippen LogP contribution in [0.2, 0.25) is 5.02 Å². The first kappa shape index (κ1) is 15.7. The Bertz CT molecular complexity index is 761. The molecule has 0 spiro atoms. The Labute approximate surface area is 126 Å². The Morgan fingerprint density at radius 3 is 2.76 bits per heavy atom. The molecule has 0 fully saturated rings. The van der Waals surface area contributed by atoms with Gasteiger partial charge in [0.25, 0.3) is 0 Å². The summed E-state index contributed by atoms with van der Waals surface area (Å²) < 4.78 is 41.1. The van der Waals surface area contributed by atoms with Crippen molar-refractivity contribution in [3.8, 4) is 0 Å². The number of nitrogens with one attached hydrogen (secondary N) is 1. The fraction of sp³-hybridized carbons (Fsp3) is 0.250. The third-order valence-corrected chi connectivity index (χ3v) is 4.53. The van der Waals surface area contributed by atoms with Gasteiger partial charge in [-0.2, -0.15) is 5.10 Å². The lowest BCUT2D eigenvalue weighted by Crippen LogP contribution is -2.23. The van der Waals surface area contributed by atoms with Crippen molar-refractivity contribution in [3.63, 3.8) is 0 Å². The van der Waals surface area contributed by atoms with E-state index in [1.165, 1.54) is 29.1 Å². The molecule has 0 aliphatic rings. The molecule has 2 aromatic rings. The molecule has 3 N–H and O–H groups in total. The molecule has 0 aliphatic carbocycles. The number of aryl methyl sites for hydroxylation is 1. The van der Waals surface area contributed by atoms with Crippen molar-refractivity contribution >= 4 is 27.4 Å². The Morgan fingerprint density at radius 2 is 2.19 bits per heavy atom. The van der Waals surface area contributed by atoms with Crippen LogP contribution in [-0.2, 0) is 23.1 Å². The zero-order valence-electron chi connectivity index (χ0n) is 11.2. The molecule has 0 aliphatic heterocycles. The average Bonchev–Trinajstić information content (AvgIpc) is 2.82. The summed E-state index contributed by atoms with van der Waals surface area (Å²) in [6.45, 7) is 2.29. The SMILES string of the molecule is CCn1cc(S(=O)(=O)NCc2ccc(F)c(Cl)c2)c(N)n1. The normalized spacial score (nSPS) is 11.8. The number of nitrogens with two attached hydrogens (primary N) is 1. The molecule has 6 nitrogen and oxygen atoms in total. The number of nitrogens with zero attached hydrogens (tertiary/aromatic N) is 2. The van der Waals surface area contributed by atoms with Crippen molar-refractivity contribution in [2.75, 3.05) is 5.73 Å². The van der Waals surface area contributed by atoms with Crippen LogP contribution < -0.4 is 10.5 Å². The van der Waals surface area contributed by atoms with Crippen LogP contribution in [0, 0.1) is 5.82 Å². The first-order valence-corrected chi connectivity index (χ1v) is 7.96. The summed E-state index contributed by atoms with van der Waals surface area (Å²) in [4.78, 5) is -0.0856. The lowest BCUT2D eigenvalue weighted by molar-refractivity contribution is 0.581. The molecular weight excluding hydrogens is 319 g/mol. The van der Waals surface area contributed by atoms with E-state index < -0.39 is 15.8 Å². The van der Waals surface area contributed by atoms with Gasteiger partial charge in [-0.05, 0) is 24.6 Å². The van der Waals surface area contributed by atoms with Crippen LogP contribution in [0.3, 0.4) is 0 Å². The van der Waals surface area contributed by atoms with Crippen molar-refractivity contribution in [1.29, 1.82) is 0 Å². The van der Waals surface area contributed by atoms with E-state index in [2.05, 4.69) is 9.82 Å². The zero-order valence-corrected chi connectivity index (χ0v) is 12.7. The van der Waals surface area contributed by atoms with Gasteiger partial charge in [-0.3, -0.25) is 4.68 Å². The molecule has 0 atom stereocenters. The monoisotopic (exact) mass is 332 g/mol. The van der Waals surface area contributed by atoms with E-state index in [4.69, 9.17) is 17.3 Å². The van der Waals surface area contributed by atoms with Crippen LogP contribution in [0.5, 0.6) is 0 Å². The maximum absolute atomic E-state index is 13.0. The standard InChI is InChI=1S/C12H14ClFN4O2S/c1-2-18-7-11(12(15)17-18)21(19,20)16-6-8-3-4-10(14)9(13)5-8/h3-5,7,16H,2,6H2,1H3,(H2,15,17). The van der Waals surface area contributed by atoms with Gasteiger partial charge in [0.05, 0.1) is 5.02 Å². The minimum Gasteiger partial charge on any atom is -0.381 e. The minimum atomic E-state index is -3.80. The Hall–Kier alpha value is -1.64. The van der Waals surface area contributed by atoms with Crippen LogP contribution in [0.1, 0.15) is 12.5 Å². The fourth-order valence-corrected chi connectivity index (χ4v) is 2.98. The van der Waals surface area contributed by atoms with Crippen molar-refractivity contribution in [2.24, 2.45) is 0 Å². The van der Waals surface area contributed by atoms with Gasteiger partial charge in [0, 0.05) is 19.3 Å². The second-order valence-corrected chi connectivity index (χ2v) is 6.45. The van der Waals surface area contributed by atoms with E-state index in [0.29, 0.717) is 12.1 Å². The summed E-state index contributed by atoms with van der Waals surface area (Å²) in [5.74, 6) is -0.627. The number of aromatic nitrogens is 2. The first-order chi connectivity index (χ1) is 9.83. The Balaban J connectivity index is 2.17. The quantitative estimate of drug-likeness (QED) is 0.873. The largest absolute Gasteiger partial charge is 0.381 e. The van der Waals surface area contributed by atoms with Gasteiger partial charge in [0.2, 0.25) is 10.0 Å². The van der Waals surface area contributed by atoms with E-state index in [0.717, 1.165) is 0 Å². The number of benzene rings is 1. The lowest BCUT2D eigenvalue weighted by Gasteiger charge is -2.06. The molecule has 0 bridgehead atoms. The van der Waals surface area contributed by atoms with Gasteiger partial charge in [-0.25, -0.2) is 17.5 Å². The van der Waals surface area contributed by atoms with Crippen LogP contribution in [0.25, 0.3) is 0 Å². The van der Waals surface area contributed by atoms with Crippen LogP contribution in [0.15, 0.2) is 29.3 Å². The third-order valence-electron chi connectivity index (χ3n) is 2.82. The molecule has 0 saturated carbocycles. The molecule has 2 rings (SSSR count). The summed E-state index contributed by atoms with van der Waals surface area (Å²) in [6, 6.07) is 3.98. The third kappa shape index (κ3) is 3.52. The molecule has 21 heavy (non-hydrogen) atoms. The number of anilines is 1. The van der Waals surface area contributed by atoms with Gasteiger partial charge in [0.15, 0.2) is 5.82 Å². The van der Waals surface area contributed by atoms with Crippen molar-refractivity contribution in [2.45, 2.75) is 24.9 Å². The molecule has 1 aromatic carbocycles. The van der Waals surface area contributed by atoms with Gasteiger partial charge < -0.3 is 5.73 Å². The van der Waals surface area contributed by atoms with Crippen LogP contribution >= 0.6 is 11.6 Å². The summed E-state index contributed by atoms with van der Waals surface area (Å²) in [7, 11) is -3.80. The highest BCUT2D eigenvalue weighted by atomic mass is 35.5. The molecule has 9 heteroatoms. The first-order valence-electron chi connectivity index (χ1n) is 6.10. The van der Waals surface area contributed by atoms with Crippen LogP contribution in [0.4, 0.5) is 10.2 Å². The number of nitrogen functional groups attached to an aromatic ring is 1. The highest BCUT2D eigenvalue weighted by Crippen LogP contribution is 2.18. The predicted molar refractivity (Wildman–Crippen MR) is 77.7 cm³/mol. The number of hydrogen-bond acceptors (Lipinski definition) is 4. The maximum Gasteiger partial charge on any atom is 0.246 e. The summed E-state index contributed by atoms with van der Waals surface area (Å²) in [5.41, 5.74) is 6.13. The van der Waals surface area contributed by atoms with Gasteiger partial charge in [-0.1, -0.05) is 17.7 Å². The Kier molecular flexibility index (Phi) is 4.50. The second-order valence-electron chi connectivity index (χ2n) is 4.31. The maximum atomic E-state index is 13.0. The fourth-order valence-electron chi connectivity index (χ4n) is 1.69. The molecule has 1 aromatic heterocycles. The average molecular weight is 333 g/mol. The lowest BCUT2D eigenvalue weighted by atomic mass is 10.2.